The van der Waals surface area contributed by atoms with Crippen LogP contribution in [-0.2, 0) is 11.8 Å². The lowest BCUT2D eigenvalue weighted by atomic mass is 10.0. The van der Waals surface area contributed by atoms with Gasteiger partial charge in [-0.25, -0.2) is 0 Å². The molecule has 7 heteroatoms. The lowest BCUT2D eigenvalue weighted by molar-refractivity contribution is -0.00807. The topological polar surface area (TPSA) is 57.9 Å². The Kier molecular flexibility index (Phi) is 6.31. The minimum Gasteiger partial charge on any atom is -0.370 e. The maximum atomic E-state index is 5.93. The first-order chi connectivity index (χ1) is 12.2. The van der Waals surface area contributed by atoms with Crippen molar-refractivity contribution in [1.29, 1.82) is 0 Å². The molecule has 0 bridgehead atoms. The minimum absolute atomic E-state index is 0.0584. The van der Waals surface area contributed by atoms with E-state index in [4.69, 9.17) is 4.74 Å². The van der Waals surface area contributed by atoms with E-state index in [1.807, 2.05) is 31.2 Å². The van der Waals surface area contributed by atoms with Crippen LogP contribution >= 0.6 is 0 Å². The van der Waals surface area contributed by atoms with Crippen LogP contribution in [0.2, 0.25) is 0 Å². The Morgan fingerprint density at radius 3 is 3.00 bits per heavy atom. The maximum absolute atomic E-state index is 5.93. The number of hydrogen-bond acceptors (Lipinski definition) is 4. The zero-order valence-electron chi connectivity index (χ0n) is 15.8. The van der Waals surface area contributed by atoms with Crippen LogP contribution in [-0.4, -0.2) is 78.0 Å². The normalized spacial score (nSPS) is 26.0. The predicted octanol–water partition coefficient (Wildman–Crippen LogP) is 1.24. The highest BCUT2D eigenvalue weighted by atomic mass is 16.5. The molecule has 2 atom stereocenters. The molecule has 0 aliphatic carbocycles. The number of rotatable bonds is 4. The van der Waals surface area contributed by atoms with Crippen molar-refractivity contribution in [2.45, 2.75) is 38.3 Å². The molecular formula is C18H32N6O. The van der Waals surface area contributed by atoms with E-state index in [-0.39, 0.29) is 6.10 Å². The highest BCUT2D eigenvalue weighted by molar-refractivity contribution is 5.80. The third kappa shape index (κ3) is 4.73. The number of guanidine groups is 1. The van der Waals surface area contributed by atoms with Crippen molar-refractivity contribution in [2.75, 3.05) is 46.4 Å². The lowest BCUT2D eigenvalue weighted by Crippen LogP contribution is -2.50. The molecule has 2 unspecified atom stereocenters. The summed E-state index contributed by atoms with van der Waals surface area (Å²) in [4.78, 5) is 9.36. The second kappa shape index (κ2) is 8.67. The Bertz CT molecular complexity index is 572. The molecule has 1 N–H and O–H groups in total. The molecule has 1 aromatic heterocycles. The van der Waals surface area contributed by atoms with E-state index in [0.717, 1.165) is 37.7 Å². The van der Waals surface area contributed by atoms with Gasteiger partial charge in [0, 0.05) is 51.5 Å². The van der Waals surface area contributed by atoms with Crippen molar-refractivity contribution in [3.05, 3.63) is 18.0 Å². The van der Waals surface area contributed by atoms with Gasteiger partial charge in [-0.3, -0.25) is 14.6 Å². The van der Waals surface area contributed by atoms with Crippen LogP contribution in [0, 0.1) is 0 Å². The van der Waals surface area contributed by atoms with Gasteiger partial charge in [0.2, 0.25) is 0 Å². The Hall–Kier alpha value is -1.60. The summed E-state index contributed by atoms with van der Waals surface area (Å²) in [6, 6.07) is 0.705. The molecule has 3 rings (SSSR count). The average Bonchev–Trinajstić information content (AvgIpc) is 3.07. The minimum atomic E-state index is 0.0584. The van der Waals surface area contributed by atoms with Crippen LogP contribution in [0.1, 0.15) is 37.9 Å². The summed E-state index contributed by atoms with van der Waals surface area (Å²) >= 11 is 0. The molecule has 0 amide bonds. The van der Waals surface area contributed by atoms with Crippen LogP contribution in [0.25, 0.3) is 0 Å². The monoisotopic (exact) mass is 348 g/mol. The number of aryl methyl sites for hydroxylation is 1. The number of morpholine rings is 1. The molecule has 2 aliphatic rings. The number of nitrogens with one attached hydrogen (secondary N) is 1. The summed E-state index contributed by atoms with van der Waals surface area (Å²) in [5, 5.41) is 7.80. The average molecular weight is 348 g/mol. The third-order valence-corrected chi connectivity index (χ3v) is 5.30. The fraction of sp³-hybridized carbons (Fsp3) is 0.778. The van der Waals surface area contributed by atoms with E-state index in [2.05, 4.69) is 32.1 Å². The highest BCUT2D eigenvalue weighted by Crippen LogP contribution is 2.21. The van der Waals surface area contributed by atoms with Gasteiger partial charge in [-0.2, -0.15) is 5.10 Å². The van der Waals surface area contributed by atoms with Crippen molar-refractivity contribution in [3.63, 3.8) is 0 Å². The van der Waals surface area contributed by atoms with Crippen LogP contribution < -0.4 is 5.32 Å². The van der Waals surface area contributed by atoms with Gasteiger partial charge in [-0.15, -0.1) is 0 Å². The zero-order chi connectivity index (χ0) is 17.6. The second-order valence-corrected chi connectivity index (χ2v) is 7.11. The molecule has 0 aromatic carbocycles. The molecule has 1 aromatic rings. The molecule has 2 fully saturated rings. The largest absolute Gasteiger partial charge is 0.370 e. The fourth-order valence-electron chi connectivity index (χ4n) is 3.78. The molecule has 140 valence electrons. The summed E-state index contributed by atoms with van der Waals surface area (Å²) in [7, 11) is 3.80. The molecule has 0 radical (unpaired) electrons. The van der Waals surface area contributed by atoms with E-state index in [1.165, 1.54) is 25.8 Å². The second-order valence-electron chi connectivity index (χ2n) is 7.11. The number of aliphatic imine (C=N–C) groups is 1. The van der Waals surface area contributed by atoms with Gasteiger partial charge >= 0.3 is 0 Å². The summed E-state index contributed by atoms with van der Waals surface area (Å²) in [5.74, 6) is 0.974. The number of nitrogens with zero attached hydrogens (tertiary/aromatic N) is 5. The lowest BCUT2D eigenvalue weighted by Gasteiger charge is -2.36. The molecule has 0 spiro atoms. The van der Waals surface area contributed by atoms with E-state index in [0.29, 0.717) is 12.6 Å². The standard InChI is InChI=1S/C18H32N6O/c1-15-6-4-5-8-23(15)9-7-20-18(19-2)24-10-11-25-17(14-24)16-12-21-22(3)13-16/h12-13,15,17H,4-11,14H2,1-3H3,(H,19,20). The maximum Gasteiger partial charge on any atom is 0.193 e. The summed E-state index contributed by atoms with van der Waals surface area (Å²) in [6.07, 6.45) is 8.00. The van der Waals surface area contributed by atoms with Crippen molar-refractivity contribution in [3.8, 4) is 0 Å². The molecule has 7 nitrogen and oxygen atoms in total. The number of likely N-dealkylation sites (tertiary alicyclic amines) is 1. The predicted molar refractivity (Wildman–Crippen MR) is 99.7 cm³/mol. The van der Waals surface area contributed by atoms with Crippen molar-refractivity contribution >= 4 is 5.96 Å². The fourth-order valence-corrected chi connectivity index (χ4v) is 3.78. The number of aromatic nitrogens is 2. The third-order valence-electron chi connectivity index (χ3n) is 5.30. The molecular weight excluding hydrogens is 316 g/mol. The smallest absolute Gasteiger partial charge is 0.193 e. The number of ether oxygens (including phenoxy) is 1. The first kappa shape index (κ1) is 18.2. The highest BCUT2D eigenvalue weighted by Gasteiger charge is 2.25. The van der Waals surface area contributed by atoms with Crippen molar-refractivity contribution < 1.29 is 4.74 Å². The molecule has 25 heavy (non-hydrogen) atoms. The Morgan fingerprint density at radius 2 is 2.28 bits per heavy atom. The van der Waals surface area contributed by atoms with Crippen molar-refractivity contribution in [1.82, 2.24) is 24.9 Å². The van der Waals surface area contributed by atoms with E-state index >= 15 is 0 Å². The Morgan fingerprint density at radius 1 is 1.40 bits per heavy atom. The van der Waals surface area contributed by atoms with Crippen LogP contribution in [0.4, 0.5) is 0 Å². The Balaban J connectivity index is 1.50. The zero-order valence-corrected chi connectivity index (χ0v) is 15.8. The SMILES string of the molecule is CN=C(NCCN1CCCCC1C)N1CCOC(c2cnn(C)c2)C1. The molecule has 2 aliphatic heterocycles. The van der Waals surface area contributed by atoms with E-state index in [9.17, 15) is 0 Å². The van der Waals surface area contributed by atoms with E-state index in [1.54, 1.807) is 0 Å². The van der Waals surface area contributed by atoms with Gasteiger partial charge in [-0.05, 0) is 26.3 Å². The number of piperidine rings is 1. The quantitative estimate of drug-likeness (QED) is 0.655. The number of hydrogen-bond donors (Lipinski definition) is 1. The Labute approximate surface area is 151 Å². The molecule has 2 saturated heterocycles. The first-order valence-corrected chi connectivity index (χ1v) is 9.47. The van der Waals surface area contributed by atoms with Gasteiger partial charge < -0.3 is 15.0 Å². The van der Waals surface area contributed by atoms with Crippen LogP contribution in [0.5, 0.6) is 0 Å². The van der Waals surface area contributed by atoms with Gasteiger partial charge in [-0.1, -0.05) is 6.42 Å². The van der Waals surface area contributed by atoms with Gasteiger partial charge in [0.05, 0.1) is 19.3 Å². The van der Waals surface area contributed by atoms with Gasteiger partial charge in [0.15, 0.2) is 5.96 Å². The van der Waals surface area contributed by atoms with Crippen LogP contribution in [0.15, 0.2) is 17.4 Å². The van der Waals surface area contributed by atoms with Crippen molar-refractivity contribution in [2.24, 2.45) is 12.0 Å². The molecule has 0 saturated carbocycles. The summed E-state index contributed by atoms with van der Waals surface area (Å²) < 4.78 is 7.75. The van der Waals surface area contributed by atoms with Gasteiger partial charge in [0.25, 0.3) is 0 Å². The van der Waals surface area contributed by atoms with Crippen LogP contribution in [0.3, 0.4) is 0 Å². The first-order valence-electron chi connectivity index (χ1n) is 9.47. The summed E-state index contributed by atoms with van der Waals surface area (Å²) in [5.41, 5.74) is 1.13. The molecule has 3 heterocycles. The van der Waals surface area contributed by atoms with E-state index < -0.39 is 0 Å². The van der Waals surface area contributed by atoms with Gasteiger partial charge in [0.1, 0.15) is 6.10 Å². The summed E-state index contributed by atoms with van der Waals surface area (Å²) in [6.45, 7) is 7.98.